The standard InChI is InChI=1S/C10H17N3O2S2/c1-13(9-3-5-17(14,15)7-9)10-12-8(2-4-11)6-16-10/h6,9H,2-5,7,11H2,1H3. The van der Waals surface area contributed by atoms with Crippen LogP contribution in [0, 0.1) is 0 Å². The fraction of sp³-hybridized carbons (Fsp3) is 0.700. The second-order valence-electron chi connectivity index (χ2n) is 4.33. The van der Waals surface area contributed by atoms with Crippen LogP contribution in [0.3, 0.4) is 0 Å². The molecule has 1 aliphatic rings. The molecule has 2 rings (SSSR count). The molecule has 0 saturated carbocycles. The van der Waals surface area contributed by atoms with Gasteiger partial charge in [-0.25, -0.2) is 13.4 Å². The van der Waals surface area contributed by atoms with Crippen LogP contribution in [-0.2, 0) is 16.3 Å². The number of aromatic nitrogens is 1. The smallest absolute Gasteiger partial charge is 0.185 e. The maximum Gasteiger partial charge on any atom is 0.185 e. The molecule has 0 radical (unpaired) electrons. The van der Waals surface area contributed by atoms with E-state index in [-0.39, 0.29) is 11.8 Å². The molecule has 2 N–H and O–H groups in total. The lowest BCUT2D eigenvalue weighted by molar-refractivity contribution is 0.601. The summed E-state index contributed by atoms with van der Waals surface area (Å²) >= 11 is 1.55. The molecule has 1 unspecified atom stereocenters. The van der Waals surface area contributed by atoms with Gasteiger partial charge >= 0.3 is 0 Å². The Balaban J connectivity index is 2.06. The molecule has 5 nitrogen and oxygen atoms in total. The van der Waals surface area contributed by atoms with Crippen molar-refractivity contribution in [3.05, 3.63) is 11.1 Å². The number of anilines is 1. The van der Waals surface area contributed by atoms with Crippen molar-refractivity contribution in [1.82, 2.24) is 4.98 Å². The molecular weight excluding hydrogens is 258 g/mol. The predicted molar refractivity (Wildman–Crippen MR) is 70.3 cm³/mol. The third kappa shape index (κ3) is 2.97. The normalized spacial score (nSPS) is 22.8. The molecule has 1 fully saturated rings. The number of hydrogen-bond acceptors (Lipinski definition) is 6. The molecule has 1 aromatic heterocycles. The van der Waals surface area contributed by atoms with Crippen molar-refractivity contribution in [2.75, 3.05) is 30.0 Å². The third-order valence-corrected chi connectivity index (χ3v) is 5.73. The van der Waals surface area contributed by atoms with E-state index in [9.17, 15) is 8.42 Å². The van der Waals surface area contributed by atoms with Gasteiger partial charge in [0.15, 0.2) is 15.0 Å². The zero-order valence-electron chi connectivity index (χ0n) is 9.80. The van der Waals surface area contributed by atoms with Crippen molar-refractivity contribution in [3.8, 4) is 0 Å². The zero-order valence-corrected chi connectivity index (χ0v) is 11.4. The van der Waals surface area contributed by atoms with E-state index in [2.05, 4.69) is 4.98 Å². The maximum atomic E-state index is 11.4. The van der Waals surface area contributed by atoms with E-state index in [1.54, 1.807) is 11.3 Å². The minimum Gasteiger partial charge on any atom is -0.347 e. The van der Waals surface area contributed by atoms with Gasteiger partial charge in [0.2, 0.25) is 0 Å². The number of hydrogen-bond donors (Lipinski definition) is 1. The van der Waals surface area contributed by atoms with Gasteiger partial charge in [-0.2, -0.15) is 0 Å². The molecule has 2 heterocycles. The van der Waals surface area contributed by atoms with Gasteiger partial charge in [0.05, 0.1) is 17.2 Å². The molecule has 0 spiro atoms. The van der Waals surface area contributed by atoms with Crippen LogP contribution in [0.15, 0.2) is 5.38 Å². The van der Waals surface area contributed by atoms with Gasteiger partial charge in [-0.15, -0.1) is 11.3 Å². The van der Waals surface area contributed by atoms with Crippen LogP contribution in [0.2, 0.25) is 0 Å². The van der Waals surface area contributed by atoms with Gasteiger partial charge < -0.3 is 10.6 Å². The number of nitrogens with zero attached hydrogens (tertiary/aromatic N) is 2. The second-order valence-corrected chi connectivity index (χ2v) is 7.39. The molecule has 0 aliphatic carbocycles. The number of sulfone groups is 1. The van der Waals surface area contributed by atoms with Crippen LogP contribution in [0.1, 0.15) is 12.1 Å². The monoisotopic (exact) mass is 275 g/mol. The third-order valence-electron chi connectivity index (χ3n) is 3.00. The summed E-state index contributed by atoms with van der Waals surface area (Å²) in [4.78, 5) is 6.44. The van der Waals surface area contributed by atoms with Crippen LogP contribution in [0.5, 0.6) is 0 Å². The predicted octanol–water partition coefficient (Wildman–Crippen LogP) is 0.268. The van der Waals surface area contributed by atoms with Crippen molar-refractivity contribution in [1.29, 1.82) is 0 Å². The summed E-state index contributed by atoms with van der Waals surface area (Å²) in [6, 6.07) is 0.0666. The van der Waals surface area contributed by atoms with Crippen molar-refractivity contribution in [2.45, 2.75) is 18.9 Å². The molecule has 1 saturated heterocycles. The van der Waals surface area contributed by atoms with Gasteiger partial charge in [-0.05, 0) is 13.0 Å². The highest BCUT2D eigenvalue weighted by atomic mass is 32.2. The number of rotatable bonds is 4. The van der Waals surface area contributed by atoms with E-state index in [0.717, 1.165) is 17.2 Å². The number of thiazole rings is 1. The van der Waals surface area contributed by atoms with Gasteiger partial charge in [0.1, 0.15) is 0 Å². The molecule has 1 aliphatic heterocycles. The van der Waals surface area contributed by atoms with E-state index in [4.69, 9.17) is 5.73 Å². The summed E-state index contributed by atoms with van der Waals surface area (Å²) in [5, 5.41) is 2.87. The first kappa shape index (κ1) is 12.8. The Kier molecular flexibility index (Phi) is 3.70. The van der Waals surface area contributed by atoms with Crippen LogP contribution in [-0.4, -0.2) is 44.5 Å². The fourth-order valence-corrected chi connectivity index (χ4v) is 4.63. The van der Waals surface area contributed by atoms with Crippen molar-refractivity contribution < 1.29 is 8.42 Å². The molecule has 0 bridgehead atoms. The lowest BCUT2D eigenvalue weighted by Crippen LogP contribution is -2.32. The van der Waals surface area contributed by atoms with Crippen LogP contribution < -0.4 is 10.6 Å². The Hall–Kier alpha value is -0.660. The van der Waals surface area contributed by atoms with Crippen LogP contribution in [0.25, 0.3) is 0 Å². The summed E-state index contributed by atoms with van der Waals surface area (Å²) in [5.41, 5.74) is 6.46. The van der Waals surface area contributed by atoms with Gasteiger partial charge in [0.25, 0.3) is 0 Å². The lowest BCUT2D eigenvalue weighted by atomic mass is 10.2. The maximum absolute atomic E-state index is 11.4. The average molecular weight is 275 g/mol. The van der Waals surface area contributed by atoms with E-state index < -0.39 is 9.84 Å². The van der Waals surface area contributed by atoms with Crippen molar-refractivity contribution >= 4 is 26.3 Å². The van der Waals surface area contributed by atoms with E-state index in [1.165, 1.54) is 0 Å². The zero-order chi connectivity index (χ0) is 12.5. The molecule has 96 valence electrons. The molecule has 7 heteroatoms. The fourth-order valence-electron chi connectivity index (χ4n) is 1.96. The minimum atomic E-state index is -2.84. The molecule has 0 amide bonds. The summed E-state index contributed by atoms with van der Waals surface area (Å²) in [7, 11) is -0.923. The second kappa shape index (κ2) is 4.91. The van der Waals surface area contributed by atoms with E-state index in [1.807, 2.05) is 17.3 Å². The summed E-state index contributed by atoms with van der Waals surface area (Å²) in [6.07, 6.45) is 1.47. The molecule has 1 aromatic rings. The van der Waals surface area contributed by atoms with Crippen molar-refractivity contribution in [3.63, 3.8) is 0 Å². The Labute approximate surface area is 106 Å². The Morgan fingerprint density at radius 1 is 1.65 bits per heavy atom. The van der Waals surface area contributed by atoms with E-state index >= 15 is 0 Å². The van der Waals surface area contributed by atoms with Crippen molar-refractivity contribution in [2.24, 2.45) is 5.73 Å². The quantitative estimate of drug-likeness (QED) is 0.853. The van der Waals surface area contributed by atoms with E-state index in [0.29, 0.717) is 18.7 Å². The average Bonchev–Trinajstić information content (AvgIpc) is 2.85. The SMILES string of the molecule is CN(c1nc(CCN)cs1)C1CCS(=O)(=O)C1. The topological polar surface area (TPSA) is 76.3 Å². The summed E-state index contributed by atoms with van der Waals surface area (Å²) in [6.45, 7) is 0.588. The first-order valence-corrected chi connectivity index (χ1v) is 8.29. The Bertz CT molecular complexity index is 483. The summed E-state index contributed by atoms with van der Waals surface area (Å²) < 4.78 is 22.8. The molecule has 1 atom stereocenters. The van der Waals surface area contributed by atoms with Crippen LogP contribution in [0.4, 0.5) is 5.13 Å². The highest BCUT2D eigenvalue weighted by molar-refractivity contribution is 7.91. The Morgan fingerprint density at radius 3 is 3.00 bits per heavy atom. The molecule has 17 heavy (non-hydrogen) atoms. The van der Waals surface area contributed by atoms with Gasteiger partial charge in [-0.3, -0.25) is 0 Å². The molecular formula is C10H17N3O2S2. The van der Waals surface area contributed by atoms with Gasteiger partial charge in [-0.1, -0.05) is 0 Å². The Morgan fingerprint density at radius 2 is 2.41 bits per heavy atom. The van der Waals surface area contributed by atoms with Gasteiger partial charge in [0, 0.05) is 24.9 Å². The highest BCUT2D eigenvalue weighted by Crippen LogP contribution is 2.25. The molecule has 0 aromatic carbocycles. The lowest BCUT2D eigenvalue weighted by Gasteiger charge is -2.22. The first-order valence-electron chi connectivity index (χ1n) is 5.59. The highest BCUT2D eigenvalue weighted by Gasteiger charge is 2.31. The summed E-state index contributed by atoms with van der Waals surface area (Å²) in [5.74, 6) is 0.540. The number of nitrogens with two attached hydrogens (primary N) is 1. The first-order chi connectivity index (χ1) is 8.02. The largest absolute Gasteiger partial charge is 0.347 e. The van der Waals surface area contributed by atoms with Crippen LogP contribution >= 0.6 is 11.3 Å². The minimum absolute atomic E-state index is 0.0666.